The summed E-state index contributed by atoms with van der Waals surface area (Å²) in [5.41, 5.74) is 2.30. The van der Waals surface area contributed by atoms with Crippen molar-refractivity contribution in [1.29, 1.82) is 0 Å². The Morgan fingerprint density at radius 2 is 1.78 bits per heavy atom. The van der Waals surface area contributed by atoms with Crippen molar-refractivity contribution >= 4 is 18.1 Å². The van der Waals surface area contributed by atoms with Gasteiger partial charge in [0, 0.05) is 25.5 Å². The molecule has 0 aliphatic carbocycles. The Morgan fingerprint density at radius 3 is 2.38 bits per heavy atom. The van der Waals surface area contributed by atoms with E-state index in [2.05, 4.69) is 10.6 Å². The number of nitrogens with one attached hydrogen (secondary N) is 2. The van der Waals surface area contributed by atoms with Gasteiger partial charge in [-0.1, -0.05) is 49.4 Å². The van der Waals surface area contributed by atoms with Crippen molar-refractivity contribution in [2.75, 3.05) is 13.2 Å². The standard InChI is InChI=1S/C27H34N2O8/c1-3-13-36-27(16-30)14-21(32)23(29-17(2)31)25(37-27)24(34)22(33)15-28-26(35)20-11-9-19(10-12-20)18-7-5-4-6-8-18/h4-12,16,21-25,32-34H,3,13-15H2,1-2H3,(H,28,35)(H,29,31)/t21-,22+,23+,24+,25+,27+/m0/s1. The minimum atomic E-state index is -1.85. The fourth-order valence-electron chi connectivity index (χ4n) is 4.25. The lowest BCUT2D eigenvalue weighted by atomic mass is 9.88. The summed E-state index contributed by atoms with van der Waals surface area (Å²) >= 11 is 0. The second-order valence-electron chi connectivity index (χ2n) is 9.07. The van der Waals surface area contributed by atoms with Gasteiger partial charge in [0.2, 0.25) is 11.7 Å². The zero-order valence-corrected chi connectivity index (χ0v) is 20.9. The molecule has 2 aromatic carbocycles. The summed E-state index contributed by atoms with van der Waals surface area (Å²) in [6.45, 7) is 2.85. The van der Waals surface area contributed by atoms with Crippen LogP contribution in [-0.4, -0.2) is 82.8 Å². The Hall–Kier alpha value is -3.15. The van der Waals surface area contributed by atoms with Crippen molar-refractivity contribution < 1.29 is 39.2 Å². The third kappa shape index (κ3) is 7.21. The van der Waals surface area contributed by atoms with Gasteiger partial charge in [-0.05, 0) is 29.7 Å². The molecule has 0 aromatic heterocycles. The molecule has 10 nitrogen and oxygen atoms in total. The van der Waals surface area contributed by atoms with E-state index in [1.807, 2.05) is 37.3 Å². The molecule has 200 valence electrons. The van der Waals surface area contributed by atoms with E-state index in [4.69, 9.17) is 9.47 Å². The maximum Gasteiger partial charge on any atom is 0.251 e. The third-order valence-electron chi connectivity index (χ3n) is 6.15. The SMILES string of the molecule is CCCO[C@]1(C=O)C[C@H](O)[C@@H](NC(C)=O)[C@H]([C@H](O)[C@H](O)CNC(=O)c2ccc(-c3ccccc3)cc2)O1. The smallest absolute Gasteiger partial charge is 0.251 e. The van der Waals surface area contributed by atoms with Crippen LogP contribution in [0.15, 0.2) is 54.6 Å². The van der Waals surface area contributed by atoms with Crippen molar-refractivity contribution in [2.45, 2.75) is 62.9 Å². The van der Waals surface area contributed by atoms with E-state index in [9.17, 15) is 29.7 Å². The normalized spacial score (nSPS) is 25.1. The van der Waals surface area contributed by atoms with Crippen LogP contribution in [0.1, 0.15) is 37.0 Å². The Balaban J connectivity index is 1.67. The molecule has 2 amide bonds. The minimum Gasteiger partial charge on any atom is -0.391 e. The van der Waals surface area contributed by atoms with E-state index in [1.54, 1.807) is 24.3 Å². The molecule has 1 aliphatic rings. The van der Waals surface area contributed by atoms with Gasteiger partial charge in [0.1, 0.15) is 12.2 Å². The van der Waals surface area contributed by atoms with Crippen molar-refractivity contribution in [2.24, 2.45) is 0 Å². The second kappa shape index (κ2) is 12.9. The molecule has 1 heterocycles. The highest BCUT2D eigenvalue weighted by atomic mass is 16.7. The predicted molar refractivity (Wildman–Crippen MR) is 134 cm³/mol. The fraction of sp³-hybridized carbons (Fsp3) is 0.444. The summed E-state index contributed by atoms with van der Waals surface area (Å²) in [5, 5.41) is 37.2. The molecule has 2 aromatic rings. The lowest BCUT2D eigenvalue weighted by Gasteiger charge is -2.46. The molecular weight excluding hydrogens is 480 g/mol. The third-order valence-corrected chi connectivity index (χ3v) is 6.15. The van der Waals surface area contributed by atoms with Crippen molar-refractivity contribution in [3.63, 3.8) is 0 Å². The van der Waals surface area contributed by atoms with E-state index >= 15 is 0 Å². The number of carbonyl (C=O) groups is 3. The number of aldehydes is 1. The lowest BCUT2D eigenvalue weighted by molar-refractivity contribution is -0.296. The molecule has 5 N–H and O–H groups in total. The van der Waals surface area contributed by atoms with Crippen LogP contribution in [0, 0.1) is 0 Å². The summed E-state index contributed by atoms with van der Waals surface area (Å²) in [7, 11) is 0. The van der Waals surface area contributed by atoms with Crippen molar-refractivity contribution in [3.05, 3.63) is 60.2 Å². The van der Waals surface area contributed by atoms with Crippen LogP contribution in [0.3, 0.4) is 0 Å². The van der Waals surface area contributed by atoms with Gasteiger partial charge in [0.15, 0.2) is 6.29 Å². The number of benzene rings is 2. The number of aliphatic hydroxyl groups is 3. The maximum absolute atomic E-state index is 12.6. The van der Waals surface area contributed by atoms with E-state index in [0.717, 1.165) is 11.1 Å². The van der Waals surface area contributed by atoms with Gasteiger partial charge in [0.05, 0.1) is 24.9 Å². The maximum atomic E-state index is 12.6. The largest absolute Gasteiger partial charge is 0.391 e. The summed E-state index contributed by atoms with van der Waals surface area (Å²) in [5.74, 6) is -2.82. The van der Waals surface area contributed by atoms with Gasteiger partial charge in [-0.15, -0.1) is 0 Å². The van der Waals surface area contributed by atoms with Crippen LogP contribution in [0.4, 0.5) is 0 Å². The van der Waals surface area contributed by atoms with Gasteiger partial charge >= 0.3 is 0 Å². The minimum absolute atomic E-state index is 0.154. The summed E-state index contributed by atoms with van der Waals surface area (Å²) in [6.07, 6.45) is -5.24. The number of hydrogen-bond donors (Lipinski definition) is 5. The van der Waals surface area contributed by atoms with E-state index in [0.29, 0.717) is 18.3 Å². The molecule has 1 aliphatic heterocycles. The number of amides is 2. The van der Waals surface area contributed by atoms with Gasteiger partial charge in [-0.2, -0.15) is 0 Å². The molecule has 0 saturated carbocycles. The Kier molecular flexibility index (Phi) is 9.90. The summed E-state index contributed by atoms with van der Waals surface area (Å²) < 4.78 is 11.3. The molecule has 0 spiro atoms. The highest BCUT2D eigenvalue weighted by molar-refractivity contribution is 5.94. The molecule has 0 unspecified atom stereocenters. The predicted octanol–water partition coefficient (Wildman–Crippen LogP) is 0.782. The zero-order valence-electron chi connectivity index (χ0n) is 20.9. The number of aliphatic hydroxyl groups excluding tert-OH is 3. The topological polar surface area (TPSA) is 154 Å². The second-order valence-corrected chi connectivity index (χ2v) is 9.07. The number of carbonyl (C=O) groups excluding carboxylic acids is 3. The van der Waals surface area contributed by atoms with Gasteiger partial charge < -0.3 is 35.4 Å². The molecule has 1 fully saturated rings. The number of hydrogen-bond acceptors (Lipinski definition) is 8. The lowest BCUT2D eigenvalue weighted by Crippen LogP contribution is -2.66. The van der Waals surface area contributed by atoms with Crippen LogP contribution >= 0.6 is 0 Å². The average Bonchev–Trinajstić information content (AvgIpc) is 2.91. The van der Waals surface area contributed by atoms with Crippen molar-refractivity contribution in [1.82, 2.24) is 10.6 Å². The molecule has 1 saturated heterocycles. The van der Waals surface area contributed by atoms with Gasteiger partial charge in [-0.25, -0.2) is 0 Å². The molecular formula is C27H34N2O8. The van der Waals surface area contributed by atoms with E-state index in [-0.39, 0.29) is 19.6 Å². The summed E-state index contributed by atoms with van der Waals surface area (Å²) in [4.78, 5) is 36.2. The fourth-order valence-corrected chi connectivity index (χ4v) is 4.25. The number of rotatable bonds is 11. The zero-order chi connectivity index (χ0) is 27.0. The van der Waals surface area contributed by atoms with Crippen LogP contribution in [0.2, 0.25) is 0 Å². The van der Waals surface area contributed by atoms with Crippen LogP contribution in [0.25, 0.3) is 11.1 Å². The van der Waals surface area contributed by atoms with Crippen LogP contribution in [0.5, 0.6) is 0 Å². The quantitative estimate of drug-likeness (QED) is 0.276. The Bertz CT molecular complexity index is 1050. The molecule has 3 rings (SSSR count). The Labute approximate surface area is 215 Å². The highest BCUT2D eigenvalue weighted by Crippen LogP contribution is 2.32. The summed E-state index contributed by atoms with van der Waals surface area (Å²) in [6, 6.07) is 15.5. The first-order chi connectivity index (χ1) is 17.7. The Morgan fingerprint density at radius 1 is 1.14 bits per heavy atom. The number of ether oxygens (including phenoxy) is 2. The first-order valence-electron chi connectivity index (χ1n) is 12.2. The van der Waals surface area contributed by atoms with Gasteiger partial charge in [0.25, 0.3) is 5.91 Å². The molecule has 0 bridgehead atoms. The molecule has 6 atom stereocenters. The first-order valence-corrected chi connectivity index (χ1v) is 12.2. The van der Waals surface area contributed by atoms with Crippen molar-refractivity contribution in [3.8, 4) is 11.1 Å². The first kappa shape index (κ1) is 28.4. The van der Waals surface area contributed by atoms with E-state index < -0.39 is 48.1 Å². The average molecular weight is 515 g/mol. The van der Waals surface area contributed by atoms with E-state index in [1.165, 1.54) is 6.92 Å². The van der Waals surface area contributed by atoms with Crippen LogP contribution < -0.4 is 10.6 Å². The monoisotopic (exact) mass is 514 g/mol. The van der Waals surface area contributed by atoms with Gasteiger partial charge in [-0.3, -0.25) is 14.4 Å². The molecule has 10 heteroatoms. The van der Waals surface area contributed by atoms with Crippen LogP contribution in [-0.2, 0) is 19.1 Å². The molecule has 0 radical (unpaired) electrons. The highest BCUT2D eigenvalue weighted by Gasteiger charge is 2.51. The molecule has 37 heavy (non-hydrogen) atoms.